The Bertz CT molecular complexity index is 1670. The van der Waals surface area contributed by atoms with Crippen molar-refractivity contribution in [2.24, 2.45) is 35.0 Å². The Kier molecular flexibility index (Phi) is 13.5. The average molecular weight is 812 g/mol. The van der Waals surface area contributed by atoms with E-state index < -0.39 is 53.6 Å². The first-order valence-electron chi connectivity index (χ1n) is 21.2. The molecule has 1 aromatic carbocycles. The van der Waals surface area contributed by atoms with Crippen molar-refractivity contribution in [1.29, 1.82) is 0 Å². The summed E-state index contributed by atoms with van der Waals surface area (Å²) in [7, 11) is 0.811. The van der Waals surface area contributed by atoms with Crippen LogP contribution in [0.15, 0.2) is 18.2 Å². The fourth-order valence-corrected chi connectivity index (χ4v) is 9.72. The summed E-state index contributed by atoms with van der Waals surface area (Å²) in [5.74, 6) is 0.115. The number of amides is 3. The Morgan fingerprint density at radius 1 is 0.828 bits per heavy atom. The Balaban J connectivity index is 1.33. The monoisotopic (exact) mass is 812 g/mol. The summed E-state index contributed by atoms with van der Waals surface area (Å²) in [6, 6.07) is 5.38. The van der Waals surface area contributed by atoms with Crippen LogP contribution in [-0.2, 0) is 34.7 Å². The van der Waals surface area contributed by atoms with Crippen molar-refractivity contribution in [3.05, 3.63) is 29.3 Å². The molecule has 8 atom stereocenters. The quantitative estimate of drug-likeness (QED) is 0.110. The first-order valence-corrected chi connectivity index (χ1v) is 21.2. The third kappa shape index (κ3) is 11.2. The largest absolute Gasteiger partial charge is 0.496 e. The number of hydrogen-bond donors (Lipinski definition) is 3. The van der Waals surface area contributed by atoms with Gasteiger partial charge in [-0.15, -0.1) is 0 Å². The molecule has 1 aromatic rings. The summed E-state index contributed by atoms with van der Waals surface area (Å²) in [6.07, 6.45) is 3.64. The van der Waals surface area contributed by atoms with E-state index in [1.807, 2.05) is 68.4 Å². The highest BCUT2D eigenvalue weighted by Gasteiger charge is 2.68. The second kappa shape index (κ2) is 17.2. The average Bonchev–Trinajstić information content (AvgIpc) is 3.45. The summed E-state index contributed by atoms with van der Waals surface area (Å²) >= 11 is 0. The maximum atomic E-state index is 14.2. The number of hydrogen-bond acceptors (Lipinski definition) is 10. The third-order valence-electron chi connectivity index (χ3n) is 12.5. The van der Waals surface area contributed by atoms with Gasteiger partial charge in [0, 0.05) is 19.5 Å². The molecule has 0 aromatic heterocycles. The fraction of sp³-hybridized carbons (Fsp3) is 0.773. The second-order valence-electron chi connectivity index (χ2n) is 20.9. The highest BCUT2D eigenvalue weighted by molar-refractivity contribution is 6.48. The van der Waals surface area contributed by atoms with Gasteiger partial charge in [0.05, 0.1) is 24.8 Å². The van der Waals surface area contributed by atoms with Gasteiger partial charge in [-0.05, 0) is 154 Å². The number of carbonyl (C=O) groups is 4. The van der Waals surface area contributed by atoms with Crippen LogP contribution in [-0.4, -0.2) is 85.8 Å². The van der Waals surface area contributed by atoms with E-state index in [4.69, 9.17) is 28.3 Å². The normalized spacial score (nSPS) is 28.3. The molecule has 1 saturated heterocycles. The standard InChI is InChI=1S/C44H70BN3O10/c1-40(2,3)54-37(50)31-16-14-15-27(36(31)53-13)21-34(45-57-33-23-30-22-32(43(30,10)11)44(33,12)58-45)48-35(49)20-26-17-18-28(24-46-38(51)55-41(4,5)6)29(19-26)25-47-39(52)56-42(7,8)9/h14-16,26,28-30,32-34H,17-25H2,1-13H3,(H,46,51)(H,47,52)(H,48,49)/t26-,28+,29+,30?,32?,33?,34+,44?/m1/s1. The predicted molar refractivity (Wildman–Crippen MR) is 221 cm³/mol. The number of carbonyl (C=O) groups excluding carboxylic acids is 4. The maximum Gasteiger partial charge on any atom is 0.482 e. The van der Waals surface area contributed by atoms with Crippen molar-refractivity contribution in [2.75, 3.05) is 20.2 Å². The molecular formula is C44H70BN3O10. The lowest BCUT2D eigenvalue weighted by Crippen LogP contribution is -2.65. The Hall–Kier alpha value is -3.52. The lowest BCUT2D eigenvalue weighted by molar-refractivity contribution is -0.199. The van der Waals surface area contributed by atoms with Gasteiger partial charge < -0.3 is 44.2 Å². The SMILES string of the molecule is COc1c(C[C@H](NC(=O)C[C@@H]2CC[C@@H](CNC(=O)OC(C)(C)C)[C@H](CNC(=O)OC(C)(C)C)C2)B2OC3CC4CC(C4(C)C)C3(C)O2)cccc1C(=O)OC(C)(C)C. The molecule has 1 aliphatic heterocycles. The molecule has 4 aliphatic carbocycles. The molecule has 5 fully saturated rings. The number of nitrogens with one attached hydrogen (secondary N) is 3. The van der Waals surface area contributed by atoms with E-state index in [0.717, 1.165) is 31.2 Å². The zero-order valence-electron chi connectivity index (χ0n) is 37.3. The number of alkyl carbamates (subject to hydrolysis) is 2. The van der Waals surface area contributed by atoms with Crippen molar-refractivity contribution in [3.63, 3.8) is 0 Å². The highest BCUT2D eigenvalue weighted by atomic mass is 16.7. The van der Waals surface area contributed by atoms with E-state index in [0.29, 0.717) is 49.1 Å². The highest BCUT2D eigenvalue weighted by Crippen LogP contribution is 2.65. The number of rotatable bonds is 12. The van der Waals surface area contributed by atoms with Gasteiger partial charge in [0.2, 0.25) is 5.91 Å². The first kappa shape index (κ1) is 45.6. The Morgan fingerprint density at radius 3 is 2.00 bits per heavy atom. The fourth-order valence-electron chi connectivity index (χ4n) is 9.72. The van der Waals surface area contributed by atoms with Crippen LogP contribution in [0.5, 0.6) is 5.75 Å². The van der Waals surface area contributed by atoms with E-state index in [1.165, 1.54) is 7.11 Å². The van der Waals surface area contributed by atoms with Gasteiger partial charge in [0.1, 0.15) is 28.1 Å². The van der Waals surface area contributed by atoms with Crippen molar-refractivity contribution in [1.82, 2.24) is 16.0 Å². The van der Waals surface area contributed by atoms with Gasteiger partial charge in [-0.1, -0.05) is 26.0 Å². The Morgan fingerprint density at radius 2 is 1.43 bits per heavy atom. The summed E-state index contributed by atoms with van der Waals surface area (Å²) in [4.78, 5) is 52.7. The zero-order chi connectivity index (χ0) is 43.0. The molecule has 0 spiro atoms. The van der Waals surface area contributed by atoms with E-state index in [2.05, 4.69) is 36.7 Å². The lowest BCUT2D eigenvalue weighted by Gasteiger charge is -2.64. The van der Waals surface area contributed by atoms with Crippen LogP contribution in [0.2, 0.25) is 0 Å². The van der Waals surface area contributed by atoms with E-state index in [1.54, 1.807) is 12.1 Å². The van der Waals surface area contributed by atoms with Crippen LogP contribution < -0.4 is 20.7 Å². The molecule has 2 bridgehead atoms. The third-order valence-corrected chi connectivity index (χ3v) is 12.5. The molecule has 4 unspecified atom stereocenters. The summed E-state index contributed by atoms with van der Waals surface area (Å²) < 4.78 is 36.2. The lowest BCUT2D eigenvalue weighted by atomic mass is 9.43. The summed E-state index contributed by atoms with van der Waals surface area (Å²) in [5.41, 5.74) is -1.29. The molecule has 14 heteroatoms. The number of para-hydroxylation sites is 1. The smallest absolute Gasteiger partial charge is 0.482 e. The van der Waals surface area contributed by atoms with Gasteiger partial charge in [0.25, 0.3) is 0 Å². The molecular weight excluding hydrogens is 741 g/mol. The van der Waals surface area contributed by atoms with Gasteiger partial charge >= 0.3 is 25.3 Å². The molecule has 5 aliphatic rings. The van der Waals surface area contributed by atoms with Gasteiger partial charge in [-0.3, -0.25) is 4.79 Å². The number of esters is 1. The molecule has 58 heavy (non-hydrogen) atoms. The van der Waals surface area contributed by atoms with Crippen molar-refractivity contribution < 1.29 is 47.4 Å². The van der Waals surface area contributed by atoms with Gasteiger partial charge in [0.15, 0.2) is 0 Å². The topological polar surface area (TPSA) is 160 Å². The summed E-state index contributed by atoms with van der Waals surface area (Å²) in [6.45, 7) is 23.9. The molecule has 3 N–H and O–H groups in total. The van der Waals surface area contributed by atoms with Crippen molar-refractivity contribution >= 4 is 31.2 Å². The van der Waals surface area contributed by atoms with Crippen LogP contribution in [0.4, 0.5) is 9.59 Å². The number of methoxy groups -OCH3 is 1. The van der Waals surface area contributed by atoms with E-state index in [9.17, 15) is 19.2 Å². The first-order chi connectivity index (χ1) is 26.8. The predicted octanol–water partition coefficient (Wildman–Crippen LogP) is 7.42. The number of benzene rings is 1. The van der Waals surface area contributed by atoms with Crippen LogP contribution in [0.3, 0.4) is 0 Å². The molecule has 4 saturated carbocycles. The van der Waals surface area contributed by atoms with Gasteiger partial charge in [-0.25, -0.2) is 14.4 Å². The minimum Gasteiger partial charge on any atom is -0.496 e. The molecule has 3 amide bonds. The summed E-state index contributed by atoms with van der Waals surface area (Å²) in [5, 5.41) is 9.15. The van der Waals surface area contributed by atoms with Gasteiger partial charge in [-0.2, -0.15) is 0 Å². The maximum absolute atomic E-state index is 14.2. The van der Waals surface area contributed by atoms with Crippen LogP contribution in [0.25, 0.3) is 0 Å². The van der Waals surface area contributed by atoms with Crippen LogP contribution in [0, 0.1) is 35.0 Å². The molecule has 6 rings (SSSR count). The van der Waals surface area contributed by atoms with Crippen molar-refractivity contribution in [2.45, 2.75) is 162 Å². The van der Waals surface area contributed by atoms with Crippen LogP contribution in [0.1, 0.15) is 138 Å². The molecule has 0 radical (unpaired) electrons. The van der Waals surface area contributed by atoms with Crippen LogP contribution >= 0.6 is 0 Å². The zero-order valence-corrected chi connectivity index (χ0v) is 37.3. The van der Waals surface area contributed by atoms with E-state index >= 15 is 0 Å². The van der Waals surface area contributed by atoms with E-state index in [-0.39, 0.29) is 41.6 Å². The minimum absolute atomic E-state index is 0.0208. The molecule has 324 valence electrons. The Labute approximate surface area is 346 Å². The molecule has 13 nitrogen and oxygen atoms in total. The second-order valence-corrected chi connectivity index (χ2v) is 20.9. The van der Waals surface area contributed by atoms with Crippen molar-refractivity contribution in [3.8, 4) is 5.75 Å². The molecule has 1 heterocycles. The number of ether oxygens (including phenoxy) is 4. The minimum atomic E-state index is -0.718.